The molecule has 1 aromatic carbocycles. The number of amides is 2. The molecule has 1 aliphatic rings. The predicted molar refractivity (Wildman–Crippen MR) is 87.4 cm³/mol. The first kappa shape index (κ1) is 13.5. The Kier molecular flexibility index (Phi) is 2.90. The van der Waals surface area contributed by atoms with E-state index in [1.807, 2.05) is 41.8 Å². The molecule has 6 heteroatoms. The minimum absolute atomic E-state index is 0.0213. The van der Waals surface area contributed by atoms with Gasteiger partial charge in [-0.25, -0.2) is 4.98 Å². The van der Waals surface area contributed by atoms with E-state index in [1.165, 1.54) is 0 Å². The molecule has 0 radical (unpaired) electrons. The highest BCUT2D eigenvalue weighted by Gasteiger charge is 2.22. The molecule has 6 nitrogen and oxygen atoms in total. The molecule has 0 atom stereocenters. The van der Waals surface area contributed by atoms with E-state index in [9.17, 15) is 9.59 Å². The lowest BCUT2D eigenvalue weighted by molar-refractivity contribution is -0.115. The molecule has 0 fully saturated rings. The number of aromatic nitrogens is 2. The molecule has 0 spiro atoms. The maximum absolute atomic E-state index is 11.7. The molecular formula is C17H14N4O2. The third kappa shape index (κ3) is 2.15. The first-order chi connectivity index (χ1) is 11.2. The summed E-state index contributed by atoms with van der Waals surface area (Å²) in [6.07, 6.45) is 4.72. The van der Waals surface area contributed by atoms with Gasteiger partial charge >= 0.3 is 0 Å². The first-order valence-electron chi connectivity index (χ1n) is 7.27. The van der Waals surface area contributed by atoms with Crippen LogP contribution in [0.2, 0.25) is 0 Å². The third-order valence-corrected chi connectivity index (χ3v) is 4.08. The Balaban J connectivity index is 1.88. The smallest absolute Gasteiger partial charge is 0.228 e. The fourth-order valence-corrected chi connectivity index (χ4v) is 3.09. The summed E-state index contributed by atoms with van der Waals surface area (Å²) in [6.45, 7) is 2.04. The van der Waals surface area contributed by atoms with Crippen molar-refractivity contribution in [3.63, 3.8) is 0 Å². The summed E-state index contributed by atoms with van der Waals surface area (Å²) in [7, 11) is 0. The van der Waals surface area contributed by atoms with Crippen LogP contribution in [0.3, 0.4) is 0 Å². The highest BCUT2D eigenvalue weighted by atomic mass is 16.1. The predicted octanol–water partition coefficient (Wildman–Crippen LogP) is 2.37. The van der Waals surface area contributed by atoms with Gasteiger partial charge in [-0.2, -0.15) is 0 Å². The Hall–Kier alpha value is -3.15. The zero-order valence-corrected chi connectivity index (χ0v) is 12.5. The molecule has 3 heterocycles. The van der Waals surface area contributed by atoms with Crippen LogP contribution in [0.4, 0.5) is 11.5 Å². The molecule has 0 unspecified atom stereocenters. The fourth-order valence-electron chi connectivity index (χ4n) is 3.09. The summed E-state index contributed by atoms with van der Waals surface area (Å²) in [5.41, 5.74) is 5.86. The molecule has 0 saturated carbocycles. The molecule has 2 aromatic heterocycles. The lowest BCUT2D eigenvalue weighted by Gasteiger charge is -2.11. The van der Waals surface area contributed by atoms with Crippen molar-refractivity contribution in [3.05, 3.63) is 47.8 Å². The van der Waals surface area contributed by atoms with E-state index in [1.54, 1.807) is 6.20 Å². The highest BCUT2D eigenvalue weighted by molar-refractivity contribution is 6.02. The van der Waals surface area contributed by atoms with Gasteiger partial charge in [0.2, 0.25) is 12.3 Å². The van der Waals surface area contributed by atoms with E-state index in [2.05, 4.69) is 15.6 Å². The number of carbonyl (C=O) groups is 2. The molecule has 0 bridgehead atoms. The fraction of sp³-hybridized carbons (Fsp3) is 0.118. The van der Waals surface area contributed by atoms with E-state index in [0.717, 1.165) is 33.6 Å². The van der Waals surface area contributed by atoms with Crippen molar-refractivity contribution in [1.82, 2.24) is 9.38 Å². The van der Waals surface area contributed by atoms with Gasteiger partial charge < -0.3 is 15.0 Å². The summed E-state index contributed by atoms with van der Waals surface area (Å²) in [4.78, 5) is 26.6. The number of fused-ring (bicyclic) bond motifs is 2. The third-order valence-electron chi connectivity index (χ3n) is 4.08. The Morgan fingerprint density at radius 2 is 2.13 bits per heavy atom. The van der Waals surface area contributed by atoms with Gasteiger partial charge in [-0.15, -0.1) is 0 Å². The lowest BCUT2D eigenvalue weighted by Crippen LogP contribution is -2.03. The quantitative estimate of drug-likeness (QED) is 0.729. The first-order valence-corrected chi connectivity index (χ1v) is 7.27. The van der Waals surface area contributed by atoms with Crippen LogP contribution >= 0.6 is 0 Å². The number of rotatable bonds is 3. The van der Waals surface area contributed by atoms with Gasteiger partial charge in [0.1, 0.15) is 5.65 Å². The maximum Gasteiger partial charge on any atom is 0.228 e. The molecular weight excluding hydrogens is 292 g/mol. The van der Waals surface area contributed by atoms with E-state index in [4.69, 9.17) is 0 Å². The Morgan fingerprint density at radius 3 is 2.96 bits per heavy atom. The van der Waals surface area contributed by atoms with Gasteiger partial charge in [-0.1, -0.05) is 6.07 Å². The number of carbonyl (C=O) groups excluding carboxylic acids is 2. The molecule has 2 N–H and O–H groups in total. The van der Waals surface area contributed by atoms with E-state index in [0.29, 0.717) is 18.6 Å². The summed E-state index contributed by atoms with van der Waals surface area (Å²) < 4.78 is 1.87. The minimum atomic E-state index is 0.0213. The van der Waals surface area contributed by atoms with Crippen LogP contribution < -0.4 is 10.6 Å². The van der Waals surface area contributed by atoms with Crippen LogP contribution in [-0.2, 0) is 16.0 Å². The van der Waals surface area contributed by atoms with Gasteiger partial charge in [0.25, 0.3) is 0 Å². The second kappa shape index (κ2) is 4.95. The monoisotopic (exact) mass is 306 g/mol. The Morgan fingerprint density at radius 1 is 1.26 bits per heavy atom. The van der Waals surface area contributed by atoms with Crippen molar-refractivity contribution < 1.29 is 9.59 Å². The van der Waals surface area contributed by atoms with Crippen LogP contribution in [0.1, 0.15) is 11.1 Å². The van der Waals surface area contributed by atoms with Crippen LogP contribution in [0.25, 0.3) is 16.8 Å². The van der Waals surface area contributed by atoms with E-state index < -0.39 is 0 Å². The maximum atomic E-state index is 11.7. The molecule has 0 aliphatic carbocycles. The standard InChI is InChI=1S/C17H14N4O2/c1-10-2-4-13-12(6-16(23)19-13)17(10)11-3-5-15-20-14(18-9-22)8-21(15)7-11/h2-5,7-9H,6H2,1H3,(H,18,22)(H,19,23). The lowest BCUT2D eigenvalue weighted by atomic mass is 9.94. The molecule has 2 amide bonds. The van der Waals surface area contributed by atoms with Crippen molar-refractivity contribution in [2.45, 2.75) is 13.3 Å². The Labute approximate surface area is 132 Å². The number of aryl methyl sites for hydroxylation is 1. The largest absolute Gasteiger partial charge is 0.326 e. The van der Waals surface area contributed by atoms with Crippen LogP contribution in [0.15, 0.2) is 36.7 Å². The summed E-state index contributed by atoms with van der Waals surface area (Å²) in [6, 6.07) is 7.84. The average molecular weight is 306 g/mol. The van der Waals surface area contributed by atoms with E-state index in [-0.39, 0.29) is 5.91 Å². The molecule has 4 rings (SSSR count). The van der Waals surface area contributed by atoms with Crippen LogP contribution in [-0.4, -0.2) is 21.7 Å². The minimum Gasteiger partial charge on any atom is -0.326 e. The van der Waals surface area contributed by atoms with Crippen molar-refractivity contribution in [2.24, 2.45) is 0 Å². The highest BCUT2D eigenvalue weighted by Crippen LogP contribution is 2.36. The zero-order chi connectivity index (χ0) is 16.0. The second-order valence-electron chi connectivity index (χ2n) is 5.58. The van der Waals surface area contributed by atoms with E-state index >= 15 is 0 Å². The number of pyridine rings is 1. The van der Waals surface area contributed by atoms with Gasteiger partial charge in [0, 0.05) is 11.9 Å². The molecule has 1 aliphatic heterocycles. The normalized spacial score (nSPS) is 13.0. The van der Waals surface area contributed by atoms with Crippen molar-refractivity contribution in [1.29, 1.82) is 0 Å². The zero-order valence-electron chi connectivity index (χ0n) is 12.5. The number of benzene rings is 1. The van der Waals surface area contributed by atoms with Crippen molar-refractivity contribution in [3.8, 4) is 11.1 Å². The Bertz CT molecular complexity index is 959. The number of hydrogen-bond acceptors (Lipinski definition) is 3. The average Bonchev–Trinajstić information content (AvgIpc) is 3.08. The second-order valence-corrected chi connectivity index (χ2v) is 5.58. The number of nitrogens with one attached hydrogen (secondary N) is 2. The molecule has 114 valence electrons. The van der Waals surface area contributed by atoms with Crippen molar-refractivity contribution >= 4 is 29.5 Å². The number of anilines is 2. The summed E-state index contributed by atoms with van der Waals surface area (Å²) in [5.74, 6) is 0.525. The number of imidazole rings is 1. The SMILES string of the molecule is Cc1ccc2c(c1-c1ccc3nc(NC=O)cn3c1)CC(=O)N2. The number of nitrogens with zero attached hydrogens (tertiary/aromatic N) is 2. The van der Waals surface area contributed by atoms with Gasteiger partial charge in [0.05, 0.1) is 12.6 Å². The topological polar surface area (TPSA) is 75.5 Å². The van der Waals surface area contributed by atoms with Gasteiger partial charge in [-0.3, -0.25) is 9.59 Å². The van der Waals surface area contributed by atoms with Gasteiger partial charge in [-0.05, 0) is 47.4 Å². The summed E-state index contributed by atoms with van der Waals surface area (Å²) >= 11 is 0. The number of hydrogen-bond donors (Lipinski definition) is 2. The molecule has 23 heavy (non-hydrogen) atoms. The van der Waals surface area contributed by atoms with Crippen LogP contribution in [0.5, 0.6) is 0 Å². The molecule has 3 aromatic rings. The van der Waals surface area contributed by atoms with Crippen molar-refractivity contribution in [2.75, 3.05) is 10.6 Å². The van der Waals surface area contributed by atoms with Gasteiger partial charge in [0.15, 0.2) is 5.82 Å². The summed E-state index contributed by atoms with van der Waals surface area (Å²) in [5, 5.41) is 5.43. The van der Waals surface area contributed by atoms with Crippen LogP contribution in [0, 0.1) is 6.92 Å². The molecule has 0 saturated heterocycles.